The number of para-hydroxylation sites is 1. The third-order valence-corrected chi connectivity index (χ3v) is 5.10. The first-order valence-corrected chi connectivity index (χ1v) is 8.21. The minimum absolute atomic E-state index is 0.264. The second kappa shape index (κ2) is 5.31. The summed E-state index contributed by atoms with van der Waals surface area (Å²) in [6, 6.07) is 9.63. The molecule has 16 heavy (non-hydrogen) atoms. The zero-order chi connectivity index (χ0) is 12.2. The van der Waals surface area contributed by atoms with Gasteiger partial charge in [-0.25, -0.2) is 0 Å². The van der Waals surface area contributed by atoms with Gasteiger partial charge in [0, 0.05) is 6.16 Å². The smallest absolute Gasteiger partial charge is 0.238 e. The Labute approximate surface area is 103 Å². The average Bonchev–Trinajstić information content (AvgIpc) is 2.16. The lowest BCUT2D eigenvalue weighted by molar-refractivity contribution is 0.134. The van der Waals surface area contributed by atoms with Crippen molar-refractivity contribution < 1.29 is 9.05 Å². The van der Waals surface area contributed by atoms with Gasteiger partial charge >= 0.3 is 0 Å². The molecule has 0 fully saturated rings. The molecular formula is C12H19O2PS. The fraction of sp³-hybridized carbons (Fsp3) is 0.500. The predicted molar refractivity (Wildman–Crippen MR) is 72.7 cm³/mol. The Balaban J connectivity index is 2.79. The van der Waals surface area contributed by atoms with Gasteiger partial charge in [0.1, 0.15) is 5.75 Å². The maximum Gasteiger partial charge on any atom is 0.238 e. The minimum Gasteiger partial charge on any atom is -0.443 e. The van der Waals surface area contributed by atoms with Gasteiger partial charge in [0.15, 0.2) is 0 Å². The lowest BCUT2D eigenvalue weighted by Crippen LogP contribution is -2.19. The Morgan fingerprint density at radius 2 is 1.75 bits per heavy atom. The standard InChI is InChI=1S/C12H19O2PS/c1-5-15(16,14-12(2,3)4)13-11-9-7-6-8-10-11/h6-10H,5H2,1-4H3. The van der Waals surface area contributed by atoms with Crippen molar-refractivity contribution in [2.75, 3.05) is 6.16 Å². The number of rotatable bonds is 4. The zero-order valence-electron chi connectivity index (χ0n) is 10.3. The van der Waals surface area contributed by atoms with Crippen molar-refractivity contribution in [2.24, 2.45) is 0 Å². The minimum atomic E-state index is -2.21. The van der Waals surface area contributed by atoms with E-state index in [-0.39, 0.29) is 5.60 Å². The molecule has 0 heterocycles. The van der Waals surface area contributed by atoms with Gasteiger partial charge in [0.2, 0.25) is 6.49 Å². The highest BCUT2D eigenvalue weighted by atomic mass is 32.5. The van der Waals surface area contributed by atoms with Gasteiger partial charge < -0.3 is 9.05 Å². The summed E-state index contributed by atoms with van der Waals surface area (Å²) >= 11 is 5.50. The maximum atomic E-state index is 5.88. The van der Waals surface area contributed by atoms with Gasteiger partial charge in [-0.05, 0) is 44.7 Å². The van der Waals surface area contributed by atoms with Gasteiger partial charge in [-0.15, -0.1) is 0 Å². The summed E-state index contributed by atoms with van der Waals surface area (Å²) in [4.78, 5) is 0. The van der Waals surface area contributed by atoms with E-state index in [9.17, 15) is 0 Å². The van der Waals surface area contributed by atoms with Gasteiger partial charge in [-0.1, -0.05) is 25.1 Å². The summed E-state index contributed by atoms with van der Waals surface area (Å²) in [5, 5.41) is 0. The molecule has 0 saturated carbocycles. The second-order valence-electron chi connectivity index (χ2n) is 4.54. The van der Waals surface area contributed by atoms with Crippen LogP contribution >= 0.6 is 6.49 Å². The van der Waals surface area contributed by atoms with Crippen LogP contribution in [0.25, 0.3) is 0 Å². The highest BCUT2D eigenvalue weighted by molar-refractivity contribution is 8.10. The van der Waals surface area contributed by atoms with Crippen molar-refractivity contribution in [1.29, 1.82) is 0 Å². The van der Waals surface area contributed by atoms with Crippen molar-refractivity contribution in [2.45, 2.75) is 33.3 Å². The Morgan fingerprint density at radius 3 is 2.19 bits per heavy atom. The maximum absolute atomic E-state index is 5.88. The molecule has 0 saturated heterocycles. The molecule has 0 aromatic heterocycles. The first-order chi connectivity index (χ1) is 7.35. The molecule has 0 amide bonds. The van der Waals surface area contributed by atoms with E-state index in [0.717, 1.165) is 11.9 Å². The van der Waals surface area contributed by atoms with Crippen LogP contribution in [0.15, 0.2) is 30.3 Å². The fourth-order valence-electron chi connectivity index (χ4n) is 1.21. The van der Waals surface area contributed by atoms with E-state index in [2.05, 4.69) is 0 Å². The van der Waals surface area contributed by atoms with E-state index in [1.165, 1.54) is 0 Å². The molecule has 1 rings (SSSR count). The van der Waals surface area contributed by atoms with Crippen molar-refractivity contribution in [3.63, 3.8) is 0 Å². The van der Waals surface area contributed by atoms with E-state index in [1.54, 1.807) is 0 Å². The molecule has 1 unspecified atom stereocenters. The molecule has 4 heteroatoms. The number of hydrogen-bond donors (Lipinski definition) is 0. The van der Waals surface area contributed by atoms with Crippen LogP contribution in [0.4, 0.5) is 0 Å². The summed E-state index contributed by atoms with van der Waals surface area (Å²) in [5.74, 6) is 0.789. The van der Waals surface area contributed by atoms with Crippen molar-refractivity contribution >= 4 is 18.3 Å². The number of hydrogen-bond acceptors (Lipinski definition) is 3. The van der Waals surface area contributed by atoms with Crippen molar-refractivity contribution in [3.05, 3.63) is 30.3 Å². The molecule has 0 aliphatic heterocycles. The SMILES string of the molecule is CCP(=S)(Oc1ccccc1)OC(C)(C)C. The van der Waals surface area contributed by atoms with Crippen LogP contribution < -0.4 is 4.52 Å². The third kappa shape index (κ3) is 4.65. The molecule has 1 aromatic carbocycles. The summed E-state index contributed by atoms with van der Waals surface area (Å²) in [5.41, 5.74) is -0.264. The molecule has 0 bridgehead atoms. The quantitative estimate of drug-likeness (QED) is 0.754. The largest absolute Gasteiger partial charge is 0.443 e. The fourth-order valence-corrected chi connectivity index (χ4v) is 3.71. The topological polar surface area (TPSA) is 18.5 Å². The highest BCUT2D eigenvalue weighted by Crippen LogP contribution is 2.51. The predicted octanol–water partition coefficient (Wildman–Crippen LogP) is 4.21. The van der Waals surface area contributed by atoms with Gasteiger partial charge in [0.05, 0.1) is 5.60 Å². The lowest BCUT2D eigenvalue weighted by atomic mass is 10.2. The number of benzene rings is 1. The van der Waals surface area contributed by atoms with Crippen LogP contribution in [-0.2, 0) is 16.3 Å². The van der Waals surface area contributed by atoms with Crippen LogP contribution in [0.5, 0.6) is 5.75 Å². The molecule has 0 radical (unpaired) electrons. The van der Waals surface area contributed by atoms with Gasteiger partial charge in [-0.2, -0.15) is 0 Å². The molecule has 1 aromatic rings. The van der Waals surface area contributed by atoms with Crippen LogP contribution in [0, 0.1) is 0 Å². The molecule has 0 spiro atoms. The van der Waals surface area contributed by atoms with Gasteiger partial charge in [0.25, 0.3) is 0 Å². The summed E-state index contributed by atoms with van der Waals surface area (Å²) < 4.78 is 11.7. The summed E-state index contributed by atoms with van der Waals surface area (Å²) in [6.45, 7) is 5.79. The van der Waals surface area contributed by atoms with Crippen LogP contribution in [0.1, 0.15) is 27.7 Å². The lowest BCUT2D eigenvalue weighted by Gasteiger charge is -2.29. The Bertz CT molecular complexity index is 370. The van der Waals surface area contributed by atoms with Gasteiger partial charge in [-0.3, -0.25) is 0 Å². The third-order valence-electron chi connectivity index (χ3n) is 1.79. The molecule has 0 N–H and O–H groups in total. The zero-order valence-corrected chi connectivity index (χ0v) is 12.0. The van der Waals surface area contributed by atoms with E-state index in [0.29, 0.717) is 0 Å². The molecule has 1 atom stereocenters. The second-order valence-corrected chi connectivity index (χ2v) is 8.42. The molecule has 90 valence electrons. The molecule has 0 aliphatic rings. The molecule has 0 aliphatic carbocycles. The van der Waals surface area contributed by atoms with Crippen LogP contribution in [-0.4, -0.2) is 11.8 Å². The van der Waals surface area contributed by atoms with E-state index in [4.69, 9.17) is 20.9 Å². The average molecular weight is 258 g/mol. The first-order valence-electron chi connectivity index (χ1n) is 5.39. The summed E-state index contributed by atoms with van der Waals surface area (Å²) in [6.07, 6.45) is 0.731. The van der Waals surface area contributed by atoms with E-state index in [1.807, 2.05) is 58.0 Å². The Kier molecular flexibility index (Phi) is 4.54. The highest BCUT2D eigenvalue weighted by Gasteiger charge is 2.25. The van der Waals surface area contributed by atoms with E-state index >= 15 is 0 Å². The first kappa shape index (κ1) is 13.7. The Morgan fingerprint density at radius 1 is 1.19 bits per heavy atom. The molecule has 2 nitrogen and oxygen atoms in total. The van der Waals surface area contributed by atoms with E-state index < -0.39 is 6.49 Å². The van der Waals surface area contributed by atoms with Crippen molar-refractivity contribution in [1.82, 2.24) is 0 Å². The summed E-state index contributed by atoms with van der Waals surface area (Å²) in [7, 11) is 0. The monoisotopic (exact) mass is 258 g/mol. The van der Waals surface area contributed by atoms with Crippen LogP contribution in [0.2, 0.25) is 0 Å². The molecular weight excluding hydrogens is 239 g/mol. The van der Waals surface area contributed by atoms with Crippen molar-refractivity contribution in [3.8, 4) is 5.75 Å². The normalized spacial score (nSPS) is 15.5. The Hall–Kier alpha value is -0.370. The van der Waals surface area contributed by atoms with Crippen LogP contribution in [0.3, 0.4) is 0 Å².